The normalized spacial score (nSPS) is 10.7. The molecule has 0 saturated carbocycles. The van der Waals surface area contributed by atoms with E-state index in [9.17, 15) is 4.79 Å². The number of nitrogens with zero attached hydrogens (tertiary/aromatic N) is 3. The average molecular weight is 366 g/mol. The topological polar surface area (TPSA) is 38.1 Å². The van der Waals surface area contributed by atoms with Crippen LogP contribution < -0.4 is 0 Å². The molecule has 0 spiro atoms. The van der Waals surface area contributed by atoms with Crippen molar-refractivity contribution in [1.82, 2.24) is 14.7 Å². The number of aryl methyl sites for hydroxylation is 1. The summed E-state index contributed by atoms with van der Waals surface area (Å²) in [5, 5.41) is 4.38. The summed E-state index contributed by atoms with van der Waals surface area (Å²) >= 11 is 1.72. The maximum Gasteiger partial charge on any atom is 0.222 e. The molecule has 3 aromatic rings. The number of hydrogen-bond acceptors (Lipinski definition) is 3. The van der Waals surface area contributed by atoms with Gasteiger partial charge >= 0.3 is 0 Å². The number of aromatic nitrogens is 2. The zero-order valence-corrected chi connectivity index (χ0v) is 15.9. The van der Waals surface area contributed by atoms with Crippen LogP contribution in [0.2, 0.25) is 0 Å². The summed E-state index contributed by atoms with van der Waals surface area (Å²) in [4.78, 5) is 15.4. The fourth-order valence-corrected chi connectivity index (χ4v) is 3.15. The molecule has 0 bridgehead atoms. The van der Waals surface area contributed by atoms with Gasteiger partial charge in [-0.25, -0.2) is 4.68 Å². The van der Waals surface area contributed by atoms with Crippen molar-refractivity contribution in [1.29, 1.82) is 0 Å². The molecule has 5 heteroatoms. The van der Waals surface area contributed by atoms with Gasteiger partial charge in [0.05, 0.1) is 11.9 Å². The highest BCUT2D eigenvalue weighted by Crippen LogP contribution is 2.16. The second-order valence-electron chi connectivity index (χ2n) is 6.23. The second kappa shape index (κ2) is 8.72. The van der Waals surface area contributed by atoms with Crippen LogP contribution in [0.25, 0.3) is 5.69 Å². The number of thioether (sulfide) groups is 1. The minimum absolute atomic E-state index is 0.145. The van der Waals surface area contributed by atoms with E-state index in [1.54, 1.807) is 16.7 Å². The summed E-state index contributed by atoms with van der Waals surface area (Å²) in [5.41, 5.74) is 3.24. The number of hydrogen-bond donors (Lipinski definition) is 0. The average Bonchev–Trinajstić information content (AvgIpc) is 3.16. The molecule has 0 aliphatic carbocycles. The van der Waals surface area contributed by atoms with Gasteiger partial charge in [0, 0.05) is 31.1 Å². The molecule has 0 aliphatic rings. The van der Waals surface area contributed by atoms with Gasteiger partial charge in [-0.05, 0) is 48.1 Å². The molecule has 0 radical (unpaired) electrons. The highest BCUT2D eigenvalue weighted by atomic mass is 32.2. The van der Waals surface area contributed by atoms with E-state index in [0.29, 0.717) is 19.4 Å². The van der Waals surface area contributed by atoms with Gasteiger partial charge in [-0.2, -0.15) is 5.10 Å². The third kappa shape index (κ3) is 4.76. The van der Waals surface area contributed by atoms with Crippen molar-refractivity contribution in [2.45, 2.75) is 24.3 Å². The lowest BCUT2D eigenvalue weighted by atomic mass is 10.1. The molecule has 2 aromatic carbocycles. The third-order valence-electron chi connectivity index (χ3n) is 4.29. The van der Waals surface area contributed by atoms with Crippen molar-refractivity contribution in [3.63, 3.8) is 0 Å². The smallest absolute Gasteiger partial charge is 0.222 e. The molecule has 26 heavy (non-hydrogen) atoms. The number of benzene rings is 2. The molecule has 0 saturated heterocycles. The Bertz CT molecular complexity index is 843. The molecule has 3 rings (SSSR count). The summed E-state index contributed by atoms with van der Waals surface area (Å²) < 4.78 is 1.84. The maximum atomic E-state index is 12.4. The highest BCUT2D eigenvalue weighted by molar-refractivity contribution is 7.98. The first-order chi connectivity index (χ1) is 12.7. The van der Waals surface area contributed by atoms with Crippen molar-refractivity contribution in [3.05, 3.63) is 78.1 Å². The van der Waals surface area contributed by atoms with Crippen LogP contribution in [0, 0.1) is 0 Å². The minimum Gasteiger partial charge on any atom is -0.341 e. The first-order valence-corrected chi connectivity index (χ1v) is 9.84. The number of rotatable bonds is 7. The number of para-hydroxylation sites is 1. The number of carbonyl (C=O) groups excluding carboxylic acids is 1. The van der Waals surface area contributed by atoms with Gasteiger partial charge in [0.15, 0.2) is 0 Å². The molecular formula is C21H23N3OS. The Morgan fingerprint density at radius 2 is 1.81 bits per heavy atom. The largest absolute Gasteiger partial charge is 0.341 e. The Morgan fingerprint density at radius 3 is 2.50 bits per heavy atom. The zero-order valence-electron chi connectivity index (χ0n) is 15.1. The van der Waals surface area contributed by atoms with Crippen molar-refractivity contribution in [2.24, 2.45) is 0 Å². The summed E-state index contributed by atoms with van der Waals surface area (Å²) in [6.07, 6.45) is 7.07. The zero-order chi connectivity index (χ0) is 18.4. The van der Waals surface area contributed by atoms with Crippen LogP contribution in [-0.4, -0.2) is 33.9 Å². The highest BCUT2D eigenvalue weighted by Gasteiger charge is 2.10. The van der Waals surface area contributed by atoms with E-state index in [-0.39, 0.29) is 5.91 Å². The van der Waals surface area contributed by atoms with Crippen molar-refractivity contribution >= 4 is 17.7 Å². The predicted molar refractivity (Wildman–Crippen MR) is 107 cm³/mol. The van der Waals surface area contributed by atoms with Crippen LogP contribution in [0.4, 0.5) is 0 Å². The van der Waals surface area contributed by atoms with Crippen molar-refractivity contribution in [2.75, 3.05) is 13.3 Å². The Balaban J connectivity index is 1.52. The molecular weight excluding hydrogens is 342 g/mol. The lowest BCUT2D eigenvalue weighted by Crippen LogP contribution is -2.26. The van der Waals surface area contributed by atoms with Crippen LogP contribution in [0.1, 0.15) is 17.5 Å². The van der Waals surface area contributed by atoms with Crippen LogP contribution >= 0.6 is 11.8 Å². The number of amides is 1. The monoisotopic (exact) mass is 365 g/mol. The minimum atomic E-state index is 0.145. The van der Waals surface area contributed by atoms with E-state index in [1.165, 1.54) is 4.90 Å². The van der Waals surface area contributed by atoms with Gasteiger partial charge in [-0.15, -0.1) is 11.8 Å². The Hall–Kier alpha value is -2.53. The quantitative estimate of drug-likeness (QED) is 0.589. The fraction of sp³-hybridized carbons (Fsp3) is 0.238. The second-order valence-corrected chi connectivity index (χ2v) is 7.11. The van der Waals surface area contributed by atoms with E-state index in [0.717, 1.165) is 16.8 Å². The summed E-state index contributed by atoms with van der Waals surface area (Å²) in [5.74, 6) is 0.145. The molecule has 1 heterocycles. The van der Waals surface area contributed by atoms with Crippen LogP contribution in [-0.2, 0) is 17.8 Å². The van der Waals surface area contributed by atoms with E-state index in [2.05, 4.69) is 35.6 Å². The van der Waals surface area contributed by atoms with Gasteiger partial charge < -0.3 is 4.90 Å². The Morgan fingerprint density at radius 1 is 1.08 bits per heavy atom. The predicted octanol–water partition coefficient (Wildman–Crippen LogP) is 4.19. The van der Waals surface area contributed by atoms with Gasteiger partial charge in [0.1, 0.15) is 0 Å². The van der Waals surface area contributed by atoms with Gasteiger partial charge in [0.25, 0.3) is 0 Å². The summed E-state index contributed by atoms with van der Waals surface area (Å²) in [6.45, 7) is 0.636. The SMILES string of the molecule is CSc1ccc(CN(C)C(=O)CCc2cnn(-c3ccccc3)c2)cc1. The molecule has 0 aliphatic heterocycles. The molecule has 4 nitrogen and oxygen atoms in total. The van der Waals surface area contributed by atoms with Gasteiger partial charge in [-0.1, -0.05) is 30.3 Å². The molecule has 1 aromatic heterocycles. The maximum absolute atomic E-state index is 12.4. The molecule has 0 unspecified atom stereocenters. The summed E-state index contributed by atoms with van der Waals surface area (Å²) in [6, 6.07) is 18.3. The van der Waals surface area contributed by atoms with E-state index in [1.807, 2.05) is 54.5 Å². The molecule has 134 valence electrons. The number of carbonyl (C=O) groups is 1. The molecule has 0 fully saturated rings. The molecule has 0 atom stereocenters. The van der Waals surface area contributed by atoms with Crippen molar-refractivity contribution in [3.8, 4) is 5.69 Å². The van der Waals surface area contributed by atoms with E-state index in [4.69, 9.17) is 0 Å². The standard InChI is InChI=1S/C21H23N3OS/c1-23(15-17-8-11-20(26-2)12-9-17)21(25)13-10-18-14-22-24(16-18)19-6-4-3-5-7-19/h3-9,11-12,14,16H,10,13,15H2,1-2H3. The lowest BCUT2D eigenvalue weighted by molar-refractivity contribution is -0.130. The first kappa shape index (κ1) is 18.3. The first-order valence-electron chi connectivity index (χ1n) is 8.61. The van der Waals surface area contributed by atoms with E-state index >= 15 is 0 Å². The fourth-order valence-electron chi connectivity index (χ4n) is 2.75. The lowest BCUT2D eigenvalue weighted by Gasteiger charge is -2.17. The summed E-state index contributed by atoms with van der Waals surface area (Å²) in [7, 11) is 1.86. The van der Waals surface area contributed by atoms with Crippen LogP contribution in [0.3, 0.4) is 0 Å². The Kier molecular flexibility index (Phi) is 6.12. The van der Waals surface area contributed by atoms with Gasteiger partial charge in [0.2, 0.25) is 5.91 Å². The third-order valence-corrected chi connectivity index (χ3v) is 5.03. The van der Waals surface area contributed by atoms with Crippen LogP contribution in [0.5, 0.6) is 0 Å². The van der Waals surface area contributed by atoms with E-state index < -0.39 is 0 Å². The van der Waals surface area contributed by atoms with Crippen molar-refractivity contribution < 1.29 is 4.79 Å². The van der Waals surface area contributed by atoms with Crippen LogP contribution in [0.15, 0.2) is 71.9 Å². The molecule has 1 amide bonds. The molecule has 0 N–H and O–H groups in total. The Labute approximate surface area is 158 Å². The van der Waals surface area contributed by atoms with Gasteiger partial charge in [-0.3, -0.25) is 4.79 Å².